The Balaban J connectivity index is 2.55. The summed E-state index contributed by atoms with van der Waals surface area (Å²) in [5, 5.41) is 9.34. The quantitative estimate of drug-likeness (QED) is 0.629. The van der Waals surface area contributed by atoms with Gasteiger partial charge in [-0.3, -0.25) is 4.79 Å². The van der Waals surface area contributed by atoms with Crippen LogP contribution in [0.1, 0.15) is 33.1 Å². The summed E-state index contributed by atoms with van der Waals surface area (Å²) in [6, 6.07) is 0. The Bertz CT molecular complexity index is 290. The van der Waals surface area contributed by atoms with Crippen LogP contribution >= 0.6 is 0 Å². The molecule has 72 valence electrons. The SMILES string of the molecule is C=C1C[C@@H]2CC[C@@]1(C(=O)O)C2(C)C. The van der Waals surface area contributed by atoms with Crippen LogP contribution in [0.15, 0.2) is 12.2 Å². The Morgan fingerprint density at radius 2 is 2.23 bits per heavy atom. The van der Waals surface area contributed by atoms with Crippen LogP contribution in [0, 0.1) is 16.7 Å². The van der Waals surface area contributed by atoms with Crippen molar-refractivity contribution in [2.75, 3.05) is 0 Å². The molecule has 0 radical (unpaired) electrons. The highest BCUT2D eigenvalue weighted by Gasteiger charge is 2.65. The van der Waals surface area contributed by atoms with Crippen molar-refractivity contribution in [1.29, 1.82) is 0 Å². The van der Waals surface area contributed by atoms with Crippen LogP contribution in [0.3, 0.4) is 0 Å². The number of hydrogen-bond donors (Lipinski definition) is 1. The van der Waals surface area contributed by atoms with E-state index >= 15 is 0 Å². The van der Waals surface area contributed by atoms with Crippen molar-refractivity contribution < 1.29 is 9.90 Å². The molecule has 2 fully saturated rings. The normalized spacial score (nSPS) is 41.1. The third kappa shape index (κ3) is 0.725. The van der Waals surface area contributed by atoms with Crippen molar-refractivity contribution in [3.8, 4) is 0 Å². The van der Waals surface area contributed by atoms with Gasteiger partial charge in [-0.05, 0) is 30.6 Å². The molecule has 2 rings (SSSR count). The van der Waals surface area contributed by atoms with Gasteiger partial charge in [0.1, 0.15) is 0 Å². The molecule has 0 unspecified atom stereocenters. The molecule has 0 amide bonds. The maximum atomic E-state index is 11.3. The predicted molar refractivity (Wildman–Crippen MR) is 50.3 cm³/mol. The molecule has 0 saturated heterocycles. The summed E-state index contributed by atoms with van der Waals surface area (Å²) in [5.74, 6) is -0.126. The standard InChI is InChI=1S/C11H16O2/c1-7-6-8-4-5-11(7,9(12)13)10(8,2)3/h8H,1,4-6H2,2-3H3,(H,12,13)/t8-,11+/m0/s1. The van der Waals surface area contributed by atoms with Gasteiger partial charge in [0, 0.05) is 0 Å². The van der Waals surface area contributed by atoms with Gasteiger partial charge in [0.2, 0.25) is 0 Å². The Labute approximate surface area is 78.6 Å². The molecule has 0 heterocycles. The van der Waals surface area contributed by atoms with Crippen LogP contribution < -0.4 is 0 Å². The largest absolute Gasteiger partial charge is 0.481 e. The molecule has 2 atom stereocenters. The fraction of sp³-hybridized carbons (Fsp3) is 0.727. The molecular formula is C11H16O2. The number of carbonyl (C=O) groups is 1. The topological polar surface area (TPSA) is 37.3 Å². The molecule has 2 heteroatoms. The molecule has 2 nitrogen and oxygen atoms in total. The van der Waals surface area contributed by atoms with Crippen LogP contribution in [0.4, 0.5) is 0 Å². The lowest BCUT2D eigenvalue weighted by atomic mass is 9.68. The Morgan fingerprint density at radius 3 is 2.46 bits per heavy atom. The molecule has 0 aliphatic heterocycles. The van der Waals surface area contributed by atoms with Crippen LogP contribution in [-0.4, -0.2) is 11.1 Å². The zero-order chi connectivity index (χ0) is 9.85. The summed E-state index contributed by atoms with van der Waals surface area (Å²) >= 11 is 0. The highest BCUT2D eigenvalue weighted by Crippen LogP contribution is 2.67. The first kappa shape index (κ1) is 8.79. The molecule has 0 aromatic heterocycles. The molecule has 2 saturated carbocycles. The lowest BCUT2D eigenvalue weighted by Crippen LogP contribution is -2.39. The summed E-state index contributed by atoms with van der Waals surface area (Å²) in [6.45, 7) is 8.11. The van der Waals surface area contributed by atoms with Crippen LogP contribution in [0.2, 0.25) is 0 Å². The summed E-state index contributed by atoms with van der Waals surface area (Å²) in [4.78, 5) is 11.3. The first-order valence-corrected chi connectivity index (χ1v) is 4.84. The molecule has 2 aliphatic carbocycles. The highest BCUT2D eigenvalue weighted by atomic mass is 16.4. The second kappa shape index (κ2) is 2.17. The van der Waals surface area contributed by atoms with E-state index in [1.165, 1.54) is 0 Å². The molecule has 2 bridgehead atoms. The van der Waals surface area contributed by atoms with E-state index in [1.54, 1.807) is 0 Å². The summed E-state index contributed by atoms with van der Waals surface area (Å²) in [7, 11) is 0. The first-order chi connectivity index (χ1) is 5.93. The number of hydrogen-bond acceptors (Lipinski definition) is 1. The Kier molecular flexibility index (Phi) is 1.47. The van der Waals surface area contributed by atoms with Gasteiger partial charge >= 0.3 is 5.97 Å². The molecule has 13 heavy (non-hydrogen) atoms. The second-order valence-electron chi connectivity index (χ2n) is 4.98. The van der Waals surface area contributed by atoms with Crippen molar-refractivity contribution in [3.63, 3.8) is 0 Å². The zero-order valence-corrected chi connectivity index (χ0v) is 8.26. The Morgan fingerprint density at radius 1 is 1.62 bits per heavy atom. The minimum Gasteiger partial charge on any atom is -0.481 e. The van der Waals surface area contributed by atoms with E-state index in [9.17, 15) is 9.90 Å². The van der Waals surface area contributed by atoms with E-state index in [-0.39, 0.29) is 5.41 Å². The average molecular weight is 180 g/mol. The predicted octanol–water partition coefficient (Wildman–Crippen LogP) is 2.45. The van der Waals surface area contributed by atoms with Gasteiger partial charge in [-0.15, -0.1) is 0 Å². The van der Waals surface area contributed by atoms with Gasteiger partial charge in [0.05, 0.1) is 5.41 Å². The molecule has 0 aromatic rings. The minimum absolute atomic E-state index is 0.0874. The van der Waals surface area contributed by atoms with Crippen LogP contribution in [0.5, 0.6) is 0 Å². The number of carboxylic acid groups (broad SMARTS) is 1. The van der Waals surface area contributed by atoms with Crippen molar-refractivity contribution >= 4 is 5.97 Å². The summed E-state index contributed by atoms with van der Waals surface area (Å²) in [5.41, 5.74) is 0.245. The van der Waals surface area contributed by atoms with Crippen LogP contribution in [-0.2, 0) is 4.79 Å². The van der Waals surface area contributed by atoms with E-state index < -0.39 is 11.4 Å². The fourth-order valence-corrected chi connectivity index (χ4v) is 3.42. The van der Waals surface area contributed by atoms with Gasteiger partial charge in [-0.2, -0.15) is 0 Å². The van der Waals surface area contributed by atoms with E-state index in [1.807, 2.05) is 0 Å². The molecule has 0 aromatic carbocycles. The van der Waals surface area contributed by atoms with Gasteiger partial charge in [0.25, 0.3) is 0 Å². The smallest absolute Gasteiger partial charge is 0.314 e. The average Bonchev–Trinajstić information content (AvgIpc) is 2.35. The lowest BCUT2D eigenvalue weighted by Gasteiger charge is -2.34. The first-order valence-electron chi connectivity index (χ1n) is 4.84. The summed E-state index contributed by atoms with van der Waals surface area (Å²) < 4.78 is 0. The number of fused-ring (bicyclic) bond motifs is 2. The van der Waals surface area contributed by atoms with E-state index in [4.69, 9.17) is 0 Å². The van der Waals surface area contributed by atoms with Crippen molar-refractivity contribution in [1.82, 2.24) is 0 Å². The number of carboxylic acids is 1. The van der Waals surface area contributed by atoms with Gasteiger partial charge < -0.3 is 5.11 Å². The molecule has 2 aliphatic rings. The molecule has 0 spiro atoms. The van der Waals surface area contributed by atoms with Gasteiger partial charge in [-0.25, -0.2) is 0 Å². The lowest BCUT2D eigenvalue weighted by molar-refractivity contribution is -0.150. The van der Waals surface area contributed by atoms with Crippen molar-refractivity contribution in [2.24, 2.45) is 16.7 Å². The Hall–Kier alpha value is -0.790. The monoisotopic (exact) mass is 180 g/mol. The van der Waals surface area contributed by atoms with Gasteiger partial charge in [-0.1, -0.05) is 26.0 Å². The number of aliphatic carboxylic acids is 1. The highest BCUT2D eigenvalue weighted by molar-refractivity contribution is 5.81. The van der Waals surface area contributed by atoms with Crippen molar-refractivity contribution in [3.05, 3.63) is 12.2 Å². The van der Waals surface area contributed by atoms with E-state index in [0.717, 1.165) is 24.8 Å². The third-order valence-corrected chi connectivity index (χ3v) is 4.45. The maximum absolute atomic E-state index is 11.3. The maximum Gasteiger partial charge on any atom is 0.314 e. The zero-order valence-electron chi connectivity index (χ0n) is 8.26. The van der Waals surface area contributed by atoms with E-state index in [2.05, 4.69) is 20.4 Å². The molecule has 1 N–H and O–H groups in total. The second-order valence-corrected chi connectivity index (χ2v) is 4.98. The van der Waals surface area contributed by atoms with Gasteiger partial charge in [0.15, 0.2) is 0 Å². The van der Waals surface area contributed by atoms with Crippen LogP contribution in [0.25, 0.3) is 0 Å². The van der Waals surface area contributed by atoms with E-state index in [0.29, 0.717) is 5.92 Å². The van der Waals surface area contributed by atoms with Crippen molar-refractivity contribution in [2.45, 2.75) is 33.1 Å². The minimum atomic E-state index is -0.664. The fourth-order valence-electron chi connectivity index (χ4n) is 3.42. The third-order valence-electron chi connectivity index (χ3n) is 4.45. The summed E-state index contributed by atoms with van der Waals surface area (Å²) in [6.07, 6.45) is 2.76. The molecular weight excluding hydrogens is 164 g/mol. The number of rotatable bonds is 1.